The van der Waals surface area contributed by atoms with E-state index in [-0.39, 0.29) is 0 Å². The molecule has 1 aliphatic rings. The summed E-state index contributed by atoms with van der Waals surface area (Å²) < 4.78 is 61.0. The monoisotopic (exact) mass is 758 g/mol. The Morgan fingerprint density at radius 2 is 1.39 bits per heavy atom. The van der Waals surface area contributed by atoms with Gasteiger partial charge in [0.1, 0.15) is 30.5 Å². The number of carboxylic acid groups (broad SMARTS) is 1. The maximum absolute atomic E-state index is 11.7. The van der Waals surface area contributed by atoms with Crippen LogP contribution in [0.1, 0.15) is 6.23 Å². The van der Waals surface area contributed by atoms with Crippen molar-refractivity contribution in [2.45, 2.75) is 49.0 Å². The molecule has 1 aliphatic heterocycles. The molecule has 2 rings (SSSR count). The number of hydrogen-bond donors (Lipinski definition) is 14. The topological polar surface area (TPSA) is 457 Å². The molecule has 0 saturated carbocycles. The quantitative estimate of drug-likeness (QED) is 0.0785. The van der Waals surface area contributed by atoms with Gasteiger partial charge in [-0.25, -0.2) is 23.3 Å². The number of carbonyl (C=O) groups is 2. The van der Waals surface area contributed by atoms with E-state index in [0.717, 1.165) is 12.3 Å². The third-order valence-electron chi connectivity index (χ3n) is 5.07. The minimum Gasteiger partial charge on any atom is -0.479 e. The normalized spacial score (nSPS) is 25.6. The summed E-state index contributed by atoms with van der Waals surface area (Å²) in [5.74, 6) is -1.95. The van der Waals surface area contributed by atoms with Gasteiger partial charge in [-0.1, -0.05) is 0 Å². The summed E-state index contributed by atoms with van der Waals surface area (Å²) >= 11 is 0. The van der Waals surface area contributed by atoms with E-state index >= 15 is 0 Å². The number of aromatic nitrogens is 2. The van der Waals surface area contributed by atoms with E-state index < -0.39 is 109 Å². The summed E-state index contributed by atoms with van der Waals surface area (Å²) in [5.41, 5.74) is -3.84. The van der Waals surface area contributed by atoms with Crippen molar-refractivity contribution >= 4 is 42.6 Å². The first-order chi connectivity index (χ1) is 20.6. The van der Waals surface area contributed by atoms with Gasteiger partial charge in [-0.15, -0.1) is 0 Å². The SMILES string of the molecule is O=C(O)[C@@H](O)[C@@H](O)[C@H](O)[C@@H](O)C(=O)P(=O)(O)O.O=c1ccn([C@@H]2O[C@H](COP(=O)(O)OP(=O)(O)OP(=O)(O)O)[C@@H](O)[C@H]2O)c(=O)[nH]1. The second kappa shape index (κ2) is 16.0. The molecule has 0 amide bonds. The van der Waals surface area contributed by atoms with Crippen molar-refractivity contribution in [1.29, 1.82) is 0 Å². The first-order valence-corrected chi connectivity index (χ1v) is 17.4. The first kappa shape index (κ1) is 42.1. The number of hydrogen-bond acceptors (Lipinski definition) is 18. The molecule has 27 nitrogen and oxygen atoms in total. The predicted molar refractivity (Wildman–Crippen MR) is 136 cm³/mol. The number of rotatable bonds is 14. The van der Waals surface area contributed by atoms with Crippen LogP contribution in [0.5, 0.6) is 0 Å². The summed E-state index contributed by atoms with van der Waals surface area (Å²) in [4.78, 5) is 97.6. The Kier molecular flexibility index (Phi) is 14.7. The second-order valence-corrected chi connectivity index (χ2v) is 14.5. The first-order valence-electron chi connectivity index (χ1n) is 11.3. The molecule has 0 aromatic carbocycles. The number of carbonyl (C=O) groups excluding carboxylic acids is 1. The van der Waals surface area contributed by atoms with Gasteiger partial charge in [0, 0.05) is 12.3 Å². The molecule has 266 valence electrons. The van der Waals surface area contributed by atoms with Crippen LogP contribution in [0, 0.1) is 0 Å². The number of carboxylic acids is 1. The Morgan fingerprint density at radius 3 is 1.85 bits per heavy atom. The van der Waals surface area contributed by atoms with E-state index in [1.54, 1.807) is 0 Å². The van der Waals surface area contributed by atoms with Crippen molar-refractivity contribution in [3.05, 3.63) is 33.1 Å². The van der Waals surface area contributed by atoms with Crippen molar-refractivity contribution in [2.24, 2.45) is 0 Å². The van der Waals surface area contributed by atoms with E-state index in [4.69, 9.17) is 54.7 Å². The lowest BCUT2D eigenvalue weighted by Gasteiger charge is -2.23. The van der Waals surface area contributed by atoms with Crippen LogP contribution in [0.2, 0.25) is 0 Å². The molecular formula is C15H26N2O25P4. The lowest BCUT2D eigenvalue weighted by atomic mass is 10.0. The van der Waals surface area contributed by atoms with Gasteiger partial charge in [0.15, 0.2) is 18.4 Å². The van der Waals surface area contributed by atoms with Crippen molar-refractivity contribution < 1.29 is 111 Å². The Balaban J connectivity index is 0.000000533. The van der Waals surface area contributed by atoms with E-state index in [9.17, 15) is 52.5 Å². The highest BCUT2D eigenvalue weighted by atomic mass is 31.3. The maximum Gasteiger partial charge on any atom is 0.490 e. The van der Waals surface area contributed by atoms with Crippen LogP contribution in [0.4, 0.5) is 0 Å². The van der Waals surface area contributed by atoms with E-state index in [2.05, 4.69) is 13.1 Å². The predicted octanol–water partition coefficient (Wildman–Crippen LogP) is -6.28. The molecule has 0 spiro atoms. The van der Waals surface area contributed by atoms with Crippen molar-refractivity contribution in [3.63, 3.8) is 0 Å². The molecule has 1 saturated heterocycles. The molecule has 14 N–H and O–H groups in total. The largest absolute Gasteiger partial charge is 0.490 e. The molecule has 46 heavy (non-hydrogen) atoms. The van der Waals surface area contributed by atoms with E-state index in [1.807, 2.05) is 4.98 Å². The van der Waals surface area contributed by atoms with Crippen LogP contribution in [0.15, 0.2) is 21.9 Å². The standard InChI is InChI=1S/C9H15N2O15P3.C6H11O10P/c12-5-1-2-11(9(15)10-5)8-7(14)6(13)4(24-8)3-23-28(19,20)26-29(21,22)25-27(16,17)18;7-1(3(9)5(11)12)2(8)4(10)6(13)17(14,15)16/h1-2,4,6-8,13-14H,3H2,(H,19,20)(H,21,22)(H,10,12,15)(H2,16,17,18);1-4,7-10H,(H,11,12)(H2,14,15,16)/t4-,6-,7-,8-;1-,2-,3-,4+/m10/s1. The van der Waals surface area contributed by atoms with Gasteiger partial charge >= 0.3 is 42.7 Å². The molecule has 0 bridgehead atoms. The number of aliphatic carboxylic acids is 1. The van der Waals surface area contributed by atoms with Crippen molar-refractivity contribution in [3.8, 4) is 0 Å². The summed E-state index contributed by atoms with van der Waals surface area (Å²) in [5, 5.41) is 63.9. The number of ether oxygens (including phenoxy) is 1. The molecule has 1 aromatic heterocycles. The van der Waals surface area contributed by atoms with Gasteiger partial charge in [-0.05, 0) is 0 Å². The highest BCUT2D eigenvalue weighted by molar-refractivity contribution is 7.70. The summed E-state index contributed by atoms with van der Waals surface area (Å²) in [6.07, 6.45) is -16.0. The maximum atomic E-state index is 11.7. The average Bonchev–Trinajstić information content (AvgIpc) is 3.16. The van der Waals surface area contributed by atoms with Gasteiger partial charge in [0.2, 0.25) is 0 Å². The third-order valence-corrected chi connectivity index (χ3v) is 9.71. The van der Waals surface area contributed by atoms with Crippen LogP contribution in [0.3, 0.4) is 0 Å². The zero-order chi connectivity index (χ0) is 36.2. The number of nitrogens with one attached hydrogen (secondary N) is 1. The summed E-state index contributed by atoms with van der Waals surface area (Å²) in [6.45, 7) is -1.05. The Bertz CT molecular complexity index is 1550. The molecule has 1 aromatic rings. The molecule has 31 heteroatoms. The number of aliphatic hydroxyl groups excluding tert-OH is 6. The highest BCUT2D eigenvalue weighted by Crippen LogP contribution is 2.66. The molecule has 2 unspecified atom stereocenters. The molecule has 10 atom stereocenters. The summed E-state index contributed by atoms with van der Waals surface area (Å²) in [7, 11) is -22.1. The molecule has 2 heterocycles. The molecule has 0 radical (unpaired) electrons. The lowest BCUT2D eigenvalue weighted by Crippen LogP contribution is -2.49. The van der Waals surface area contributed by atoms with Gasteiger partial charge < -0.3 is 69.8 Å². The fourth-order valence-electron chi connectivity index (χ4n) is 3.03. The van der Waals surface area contributed by atoms with Crippen molar-refractivity contribution in [2.75, 3.05) is 6.61 Å². The van der Waals surface area contributed by atoms with Crippen LogP contribution < -0.4 is 11.2 Å². The third kappa shape index (κ3) is 12.6. The Morgan fingerprint density at radius 1 is 0.870 bits per heavy atom. The number of aromatic amines is 1. The van der Waals surface area contributed by atoms with E-state index in [1.165, 1.54) is 0 Å². The van der Waals surface area contributed by atoms with Crippen LogP contribution in [-0.4, -0.2) is 135 Å². The number of aliphatic hydroxyl groups is 6. The van der Waals surface area contributed by atoms with Crippen LogP contribution in [0.25, 0.3) is 0 Å². The van der Waals surface area contributed by atoms with Crippen molar-refractivity contribution in [1.82, 2.24) is 9.55 Å². The fourth-order valence-corrected chi connectivity index (χ4v) is 6.56. The number of H-pyrrole nitrogens is 1. The molecule has 1 fully saturated rings. The van der Waals surface area contributed by atoms with Crippen LogP contribution >= 0.6 is 31.1 Å². The Labute approximate surface area is 252 Å². The lowest BCUT2D eigenvalue weighted by molar-refractivity contribution is -0.164. The zero-order valence-electron chi connectivity index (χ0n) is 21.9. The molecule has 0 aliphatic carbocycles. The molecular weight excluding hydrogens is 732 g/mol. The average molecular weight is 758 g/mol. The van der Waals surface area contributed by atoms with Gasteiger partial charge in [0.25, 0.3) is 11.1 Å². The number of phosphoric ester groups is 1. The second-order valence-electron chi connectivity index (χ2n) is 8.54. The number of phosphoric acid groups is 3. The minimum absolute atomic E-state index is 0.708. The highest BCUT2D eigenvalue weighted by Gasteiger charge is 2.47. The van der Waals surface area contributed by atoms with Crippen LogP contribution in [-0.2, 0) is 45.7 Å². The zero-order valence-corrected chi connectivity index (χ0v) is 25.5. The van der Waals surface area contributed by atoms with Gasteiger partial charge in [0.05, 0.1) is 6.61 Å². The Hall–Kier alpha value is -1.90. The minimum atomic E-state index is -5.73. The smallest absolute Gasteiger partial charge is 0.479 e. The van der Waals surface area contributed by atoms with Gasteiger partial charge in [-0.3, -0.25) is 28.2 Å². The summed E-state index contributed by atoms with van der Waals surface area (Å²) in [6, 6.07) is 0.920. The van der Waals surface area contributed by atoms with E-state index in [0.29, 0.717) is 4.57 Å². The fraction of sp³-hybridized carbons (Fsp3) is 0.600. The van der Waals surface area contributed by atoms with Gasteiger partial charge in [-0.2, -0.15) is 8.62 Å². The number of nitrogens with zero attached hydrogens (tertiary/aromatic N) is 1.